The molecule has 8 heteroatoms. The van der Waals surface area contributed by atoms with Crippen molar-refractivity contribution in [3.8, 4) is 11.3 Å². The number of benzene rings is 1. The monoisotopic (exact) mass is 441 g/mol. The van der Waals surface area contributed by atoms with Gasteiger partial charge in [0.15, 0.2) is 0 Å². The molecule has 31 heavy (non-hydrogen) atoms. The number of rotatable bonds is 1. The van der Waals surface area contributed by atoms with Crippen LogP contribution in [0.1, 0.15) is 25.0 Å². The zero-order chi connectivity index (χ0) is 22.1. The first-order valence-corrected chi connectivity index (χ1v) is 10.5. The second-order valence-electron chi connectivity index (χ2n) is 7.02. The van der Waals surface area contributed by atoms with Gasteiger partial charge in [-0.1, -0.05) is 11.6 Å². The number of hydrogen-bond acceptors (Lipinski definition) is 5. The van der Waals surface area contributed by atoms with E-state index in [-0.39, 0.29) is 0 Å². The molecule has 0 unspecified atom stereocenters. The third-order valence-electron chi connectivity index (χ3n) is 4.48. The molecule has 0 radical (unpaired) electrons. The van der Waals surface area contributed by atoms with Crippen molar-refractivity contribution >= 4 is 22.6 Å². The molecular formula is C23H25ClFN5O. The van der Waals surface area contributed by atoms with Gasteiger partial charge in [0.05, 0.1) is 11.2 Å². The Morgan fingerprint density at radius 3 is 2.42 bits per heavy atom. The van der Waals surface area contributed by atoms with Gasteiger partial charge in [-0.15, -0.1) is 0 Å². The van der Waals surface area contributed by atoms with Gasteiger partial charge in [0.25, 0.3) is 0 Å². The van der Waals surface area contributed by atoms with Gasteiger partial charge >= 0.3 is 0 Å². The molecule has 0 aliphatic carbocycles. The highest BCUT2D eigenvalue weighted by Crippen LogP contribution is 2.28. The number of fused-ring (bicyclic) bond motifs is 1. The van der Waals surface area contributed by atoms with Crippen LogP contribution in [0.25, 0.3) is 22.3 Å². The first-order chi connectivity index (χ1) is 15.0. The molecule has 1 aliphatic heterocycles. The van der Waals surface area contributed by atoms with Crippen molar-refractivity contribution in [3.05, 3.63) is 71.7 Å². The Morgan fingerprint density at radius 2 is 1.87 bits per heavy atom. The number of pyridine rings is 1. The third-order valence-corrected chi connectivity index (χ3v) is 4.72. The van der Waals surface area contributed by atoms with E-state index in [1.165, 1.54) is 25.3 Å². The van der Waals surface area contributed by atoms with Crippen molar-refractivity contribution in [3.63, 3.8) is 0 Å². The molecule has 6 nitrogen and oxygen atoms in total. The van der Waals surface area contributed by atoms with Crippen molar-refractivity contribution < 1.29 is 9.13 Å². The maximum absolute atomic E-state index is 14.0. The summed E-state index contributed by atoms with van der Waals surface area (Å²) in [5.41, 5.74) is 2.92. The van der Waals surface area contributed by atoms with E-state index >= 15 is 0 Å². The first-order valence-electron chi connectivity index (χ1n) is 10.1. The van der Waals surface area contributed by atoms with E-state index in [1.807, 2.05) is 26.2 Å². The van der Waals surface area contributed by atoms with Crippen LogP contribution in [0.2, 0.25) is 5.02 Å². The number of ether oxygens (including phenoxy) is 1. The Kier molecular flexibility index (Phi) is 8.44. The second kappa shape index (κ2) is 11.5. The Hall–Kier alpha value is -2.90. The quantitative estimate of drug-likeness (QED) is 0.395. The van der Waals surface area contributed by atoms with E-state index in [2.05, 4.69) is 20.1 Å². The standard InChI is InChI=1S/C14H9ClFN3.C5H10O.C4H6N2/c1-8-7-18-14-12(19-8)4-5-17-13(14)10-3-2-9(15)6-11(10)16;1-2-4-6-5-3-1;1-6-4-2-3-5-6/h2-7H,1H3;1-5H2;2-4H,1H3. The van der Waals surface area contributed by atoms with Gasteiger partial charge in [-0.2, -0.15) is 5.10 Å². The predicted molar refractivity (Wildman–Crippen MR) is 120 cm³/mol. The number of aryl methyl sites for hydroxylation is 2. The SMILES string of the molecule is C1CCOCC1.Cc1cnc2c(-c3ccc(Cl)cc3F)nccc2n1.Cn1cccn1. The minimum absolute atomic E-state index is 0.350. The molecule has 0 atom stereocenters. The van der Waals surface area contributed by atoms with Crippen molar-refractivity contribution in [2.45, 2.75) is 26.2 Å². The molecule has 162 valence electrons. The molecule has 0 saturated carbocycles. The highest BCUT2D eigenvalue weighted by Gasteiger charge is 2.12. The van der Waals surface area contributed by atoms with Crippen molar-refractivity contribution in [2.24, 2.45) is 7.05 Å². The Labute approximate surface area is 186 Å². The van der Waals surface area contributed by atoms with E-state index < -0.39 is 5.82 Å². The average molecular weight is 442 g/mol. The number of aromatic nitrogens is 5. The fourth-order valence-corrected chi connectivity index (χ4v) is 3.11. The Balaban J connectivity index is 0.000000184. The molecule has 0 amide bonds. The molecule has 1 aromatic carbocycles. The lowest BCUT2D eigenvalue weighted by Gasteiger charge is -2.08. The van der Waals surface area contributed by atoms with E-state index in [4.69, 9.17) is 16.3 Å². The summed E-state index contributed by atoms with van der Waals surface area (Å²) in [6, 6.07) is 8.13. The zero-order valence-corrected chi connectivity index (χ0v) is 18.4. The highest BCUT2D eigenvalue weighted by atomic mass is 35.5. The maximum Gasteiger partial charge on any atom is 0.134 e. The van der Waals surface area contributed by atoms with Crippen LogP contribution in [0.5, 0.6) is 0 Å². The lowest BCUT2D eigenvalue weighted by Crippen LogP contribution is -2.03. The van der Waals surface area contributed by atoms with Gasteiger partial charge in [0.2, 0.25) is 0 Å². The number of nitrogens with zero attached hydrogens (tertiary/aromatic N) is 5. The van der Waals surface area contributed by atoms with Gasteiger partial charge in [0, 0.05) is 55.6 Å². The van der Waals surface area contributed by atoms with Gasteiger partial charge in [0.1, 0.15) is 17.0 Å². The largest absolute Gasteiger partial charge is 0.381 e. The van der Waals surface area contributed by atoms with E-state index in [9.17, 15) is 4.39 Å². The smallest absolute Gasteiger partial charge is 0.134 e. The molecule has 4 heterocycles. The third kappa shape index (κ3) is 6.80. The van der Waals surface area contributed by atoms with Crippen LogP contribution < -0.4 is 0 Å². The summed E-state index contributed by atoms with van der Waals surface area (Å²) in [6.07, 6.45) is 10.8. The predicted octanol–water partition coefficient (Wildman–Crippen LogP) is 5.40. The summed E-state index contributed by atoms with van der Waals surface area (Å²) in [7, 11) is 1.89. The fourth-order valence-electron chi connectivity index (χ4n) is 2.95. The summed E-state index contributed by atoms with van der Waals surface area (Å²) in [5, 5.41) is 4.18. The highest BCUT2D eigenvalue weighted by molar-refractivity contribution is 6.30. The first kappa shape index (κ1) is 22.8. The van der Waals surface area contributed by atoms with E-state index in [0.717, 1.165) is 18.9 Å². The van der Waals surface area contributed by atoms with Gasteiger partial charge in [-0.25, -0.2) is 9.37 Å². The van der Waals surface area contributed by atoms with Crippen LogP contribution in [0.15, 0.2) is 55.1 Å². The summed E-state index contributed by atoms with van der Waals surface area (Å²) in [4.78, 5) is 12.9. The second-order valence-corrected chi connectivity index (χ2v) is 7.45. The Bertz CT molecular complexity index is 1090. The molecule has 0 spiro atoms. The zero-order valence-electron chi connectivity index (χ0n) is 17.6. The van der Waals surface area contributed by atoms with Crippen molar-refractivity contribution in [2.75, 3.05) is 13.2 Å². The summed E-state index contributed by atoms with van der Waals surface area (Å²) < 4.78 is 20.8. The average Bonchev–Trinajstić information content (AvgIpc) is 3.26. The van der Waals surface area contributed by atoms with Crippen molar-refractivity contribution in [1.82, 2.24) is 24.7 Å². The van der Waals surface area contributed by atoms with Crippen molar-refractivity contribution in [1.29, 1.82) is 0 Å². The molecule has 1 saturated heterocycles. The lowest BCUT2D eigenvalue weighted by molar-refractivity contribution is 0.0968. The van der Waals surface area contributed by atoms with Crippen LogP contribution in [-0.2, 0) is 11.8 Å². The van der Waals surface area contributed by atoms with Crippen LogP contribution in [0.3, 0.4) is 0 Å². The van der Waals surface area contributed by atoms with E-state index in [1.54, 1.807) is 41.5 Å². The van der Waals surface area contributed by atoms with Crippen LogP contribution in [0, 0.1) is 12.7 Å². The van der Waals surface area contributed by atoms with Gasteiger partial charge in [-0.3, -0.25) is 14.6 Å². The molecule has 3 aromatic heterocycles. The molecule has 4 aromatic rings. The molecule has 0 N–H and O–H groups in total. The van der Waals surface area contributed by atoms with E-state index in [0.29, 0.717) is 27.3 Å². The van der Waals surface area contributed by atoms with Gasteiger partial charge in [-0.05, 0) is 56.5 Å². The minimum Gasteiger partial charge on any atom is -0.381 e. The molecule has 1 fully saturated rings. The molecular weight excluding hydrogens is 417 g/mol. The van der Waals surface area contributed by atoms with Crippen LogP contribution >= 0.6 is 11.6 Å². The number of halogens is 2. The topological polar surface area (TPSA) is 65.7 Å². The fraction of sp³-hybridized carbons (Fsp3) is 0.304. The van der Waals surface area contributed by atoms with Crippen LogP contribution in [0.4, 0.5) is 4.39 Å². The number of hydrogen-bond donors (Lipinski definition) is 0. The minimum atomic E-state index is -0.421. The van der Waals surface area contributed by atoms with Crippen LogP contribution in [-0.4, -0.2) is 37.9 Å². The molecule has 1 aliphatic rings. The maximum atomic E-state index is 14.0. The van der Waals surface area contributed by atoms with Gasteiger partial charge < -0.3 is 4.74 Å². The lowest BCUT2D eigenvalue weighted by atomic mass is 10.1. The summed E-state index contributed by atoms with van der Waals surface area (Å²) in [5.74, 6) is -0.421. The normalized spacial score (nSPS) is 13.0. The molecule has 0 bridgehead atoms. The molecule has 5 rings (SSSR count). The summed E-state index contributed by atoms with van der Waals surface area (Å²) >= 11 is 5.76. The summed E-state index contributed by atoms with van der Waals surface area (Å²) in [6.45, 7) is 3.86. The Morgan fingerprint density at radius 1 is 1.06 bits per heavy atom.